The Morgan fingerprint density at radius 3 is 2.41 bits per heavy atom. The van der Waals surface area contributed by atoms with Crippen molar-refractivity contribution in [3.63, 3.8) is 0 Å². The van der Waals surface area contributed by atoms with Crippen LogP contribution < -0.4 is 0 Å². The topological polar surface area (TPSA) is 91.3 Å². The molecule has 0 radical (unpaired) electrons. The van der Waals surface area contributed by atoms with Crippen molar-refractivity contribution in [2.75, 3.05) is 13.2 Å². The van der Waals surface area contributed by atoms with E-state index in [0.29, 0.717) is 18.3 Å². The highest BCUT2D eigenvalue weighted by Crippen LogP contribution is 2.43. The number of aliphatic carboxylic acids is 1. The summed E-state index contributed by atoms with van der Waals surface area (Å²) in [5, 5.41) is 9.19. The van der Waals surface area contributed by atoms with E-state index in [1.165, 1.54) is 6.42 Å². The minimum absolute atomic E-state index is 0.00692. The van der Waals surface area contributed by atoms with Crippen LogP contribution in [0.4, 0.5) is 0 Å². The molecular formula is C32H52O7. The minimum atomic E-state index is -0.662. The summed E-state index contributed by atoms with van der Waals surface area (Å²) in [5.41, 5.74) is 0. The lowest BCUT2D eigenvalue weighted by Crippen LogP contribution is -2.32. The quantitative estimate of drug-likeness (QED) is 0.170. The summed E-state index contributed by atoms with van der Waals surface area (Å²) in [4.78, 5) is 24.4. The average molecular weight is 549 g/mol. The van der Waals surface area contributed by atoms with Crippen LogP contribution in [0.25, 0.3) is 0 Å². The molecule has 2 aliphatic carbocycles. The number of Topliss-reactive ketones (excluding diaryl/α,β-unsaturated/α-hetero) is 1. The van der Waals surface area contributed by atoms with Gasteiger partial charge in [-0.1, -0.05) is 51.7 Å². The number of carbonyl (C=O) groups excluding carboxylic acids is 1. The molecule has 2 saturated carbocycles. The first-order valence-corrected chi connectivity index (χ1v) is 15.9. The minimum Gasteiger partial charge on any atom is -0.481 e. The van der Waals surface area contributed by atoms with Gasteiger partial charge in [-0.05, 0) is 76.0 Å². The molecule has 1 N–H and O–H groups in total. The van der Waals surface area contributed by atoms with Gasteiger partial charge in [-0.25, -0.2) is 0 Å². The Labute approximate surface area is 235 Å². The van der Waals surface area contributed by atoms with E-state index in [1.54, 1.807) is 0 Å². The maximum absolute atomic E-state index is 13.3. The van der Waals surface area contributed by atoms with Crippen LogP contribution in [0.3, 0.4) is 0 Å². The molecule has 0 bridgehead atoms. The molecule has 4 rings (SSSR count). The standard InChI is InChI=1S/C32H52O7/c1-3-4-11-22(2)28(38-30-14-7-9-18-36-30)17-16-25-24(13-6-5-12-23-20-26(23)32(34)35)27(33)21-29(25)39-31-15-8-10-19-37-31/h16-17,22-26,28-31H,3-15,18-21H2,1-2H3,(H,34,35)/b17-16+/t22-,23-,24-,25-,26-,28-,29-,30?,31?/m1/s1. The molecule has 0 spiro atoms. The van der Waals surface area contributed by atoms with Gasteiger partial charge in [0.05, 0.1) is 18.1 Å². The van der Waals surface area contributed by atoms with E-state index in [0.717, 1.165) is 96.7 Å². The summed E-state index contributed by atoms with van der Waals surface area (Å²) in [6.45, 7) is 5.96. The fourth-order valence-corrected chi connectivity index (χ4v) is 6.65. The van der Waals surface area contributed by atoms with Crippen molar-refractivity contribution >= 4 is 11.8 Å². The molecule has 2 unspecified atom stereocenters. The van der Waals surface area contributed by atoms with Gasteiger partial charge in [0.1, 0.15) is 5.78 Å². The predicted molar refractivity (Wildman–Crippen MR) is 149 cm³/mol. The van der Waals surface area contributed by atoms with Gasteiger partial charge < -0.3 is 24.1 Å². The third-order valence-electron chi connectivity index (χ3n) is 9.30. The number of carboxylic acid groups (broad SMARTS) is 1. The second-order valence-electron chi connectivity index (χ2n) is 12.5. The van der Waals surface area contributed by atoms with E-state index in [9.17, 15) is 14.7 Å². The Bertz CT molecular complexity index is 785. The van der Waals surface area contributed by atoms with E-state index in [-0.39, 0.29) is 48.3 Å². The van der Waals surface area contributed by atoms with Crippen LogP contribution in [-0.2, 0) is 28.5 Å². The number of carbonyl (C=O) groups is 2. The van der Waals surface area contributed by atoms with Crippen molar-refractivity contribution in [2.24, 2.45) is 29.6 Å². The van der Waals surface area contributed by atoms with Crippen molar-refractivity contribution in [1.82, 2.24) is 0 Å². The molecule has 4 fully saturated rings. The smallest absolute Gasteiger partial charge is 0.306 e. The van der Waals surface area contributed by atoms with E-state index < -0.39 is 5.97 Å². The van der Waals surface area contributed by atoms with Gasteiger partial charge >= 0.3 is 5.97 Å². The van der Waals surface area contributed by atoms with Gasteiger partial charge in [0.25, 0.3) is 0 Å². The van der Waals surface area contributed by atoms with Gasteiger partial charge in [-0.15, -0.1) is 0 Å². The summed E-state index contributed by atoms with van der Waals surface area (Å²) < 4.78 is 24.8. The van der Waals surface area contributed by atoms with Crippen molar-refractivity contribution in [3.8, 4) is 0 Å². The van der Waals surface area contributed by atoms with Gasteiger partial charge in [-0.2, -0.15) is 0 Å². The molecule has 2 heterocycles. The number of unbranched alkanes of at least 4 members (excludes halogenated alkanes) is 2. The lowest BCUT2D eigenvalue weighted by molar-refractivity contribution is -0.193. The first kappa shape index (κ1) is 30.7. The molecule has 4 aliphatic rings. The zero-order valence-corrected chi connectivity index (χ0v) is 24.3. The predicted octanol–water partition coefficient (Wildman–Crippen LogP) is 6.68. The number of ether oxygens (including phenoxy) is 4. The monoisotopic (exact) mass is 548 g/mol. The van der Waals surface area contributed by atoms with Crippen molar-refractivity contribution < 1.29 is 33.6 Å². The molecule has 7 heteroatoms. The average Bonchev–Trinajstić information content (AvgIpc) is 3.67. The van der Waals surface area contributed by atoms with Crippen LogP contribution in [0.2, 0.25) is 0 Å². The number of rotatable bonds is 16. The summed E-state index contributed by atoms with van der Waals surface area (Å²) >= 11 is 0. The van der Waals surface area contributed by atoms with E-state index >= 15 is 0 Å². The summed E-state index contributed by atoms with van der Waals surface area (Å²) in [6.07, 6.45) is 18.4. The zero-order chi connectivity index (χ0) is 27.6. The molecule has 0 aromatic carbocycles. The fraction of sp³-hybridized carbons (Fsp3) is 0.875. The number of carboxylic acids is 1. The molecule has 222 valence electrons. The van der Waals surface area contributed by atoms with Gasteiger partial charge in [0, 0.05) is 31.5 Å². The zero-order valence-electron chi connectivity index (χ0n) is 24.3. The van der Waals surface area contributed by atoms with E-state index in [2.05, 4.69) is 26.0 Å². The Hall–Kier alpha value is -1.28. The first-order chi connectivity index (χ1) is 19.0. The molecule has 9 atom stereocenters. The largest absolute Gasteiger partial charge is 0.481 e. The maximum Gasteiger partial charge on any atom is 0.306 e. The second-order valence-corrected chi connectivity index (χ2v) is 12.5. The lowest BCUT2D eigenvalue weighted by Gasteiger charge is -2.31. The maximum atomic E-state index is 13.3. The first-order valence-electron chi connectivity index (χ1n) is 15.9. The third kappa shape index (κ3) is 9.37. The molecule has 2 aliphatic heterocycles. The van der Waals surface area contributed by atoms with Crippen molar-refractivity contribution in [2.45, 2.75) is 135 Å². The van der Waals surface area contributed by atoms with Crippen LogP contribution in [0.1, 0.15) is 110 Å². The fourth-order valence-electron chi connectivity index (χ4n) is 6.65. The molecule has 0 amide bonds. The SMILES string of the molecule is CCCC[C@@H](C)[C@@H](/C=C/[C@H]1[C@H](OC2CCCCO2)CC(=O)[C@@H]1CCCC[C@@H]1C[C@H]1C(=O)O)OC1CCCCO1. The van der Waals surface area contributed by atoms with Crippen LogP contribution >= 0.6 is 0 Å². The number of hydrogen-bond donors (Lipinski definition) is 1. The lowest BCUT2D eigenvalue weighted by atomic mass is 9.87. The molecule has 7 nitrogen and oxygen atoms in total. The van der Waals surface area contributed by atoms with Crippen LogP contribution in [-0.4, -0.2) is 54.9 Å². The molecular weight excluding hydrogens is 496 g/mol. The summed E-state index contributed by atoms with van der Waals surface area (Å²) in [6, 6.07) is 0. The van der Waals surface area contributed by atoms with Gasteiger partial charge in [0.15, 0.2) is 12.6 Å². The normalized spacial score (nSPS) is 34.8. The van der Waals surface area contributed by atoms with Gasteiger partial charge in [0.2, 0.25) is 0 Å². The van der Waals surface area contributed by atoms with Crippen molar-refractivity contribution in [3.05, 3.63) is 12.2 Å². The van der Waals surface area contributed by atoms with E-state index in [4.69, 9.17) is 18.9 Å². The molecule has 0 aromatic heterocycles. The highest BCUT2D eigenvalue weighted by atomic mass is 16.7. The summed E-state index contributed by atoms with van der Waals surface area (Å²) in [5.74, 6) is 0.0961. The van der Waals surface area contributed by atoms with E-state index in [1.807, 2.05) is 0 Å². The van der Waals surface area contributed by atoms with Crippen LogP contribution in [0.15, 0.2) is 12.2 Å². The summed E-state index contributed by atoms with van der Waals surface area (Å²) in [7, 11) is 0. The highest BCUT2D eigenvalue weighted by Gasteiger charge is 2.44. The third-order valence-corrected chi connectivity index (χ3v) is 9.30. The Balaban J connectivity index is 1.41. The second kappa shape index (κ2) is 15.6. The van der Waals surface area contributed by atoms with Crippen molar-refractivity contribution in [1.29, 1.82) is 0 Å². The molecule has 39 heavy (non-hydrogen) atoms. The number of ketones is 1. The Kier molecular flexibility index (Phi) is 12.3. The van der Waals surface area contributed by atoms with Gasteiger partial charge in [-0.3, -0.25) is 9.59 Å². The van der Waals surface area contributed by atoms with Crippen LogP contribution in [0, 0.1) is 29.6 Å². The number of hydrogen-bond acceptors (Lipinski definition) is 6. The molecule has 2 saturated heterocycles. The molecule has 0 aromatic rings. The Morgan fingerprint density at radius 1 is 1.05 bits per heavy atom. The highest BCUT2D eigenvalue weighted by molar-refractivity contribution is 5.84. The van der Waals surface area contributed by atoms with Crippen LogP contribution in [0.5, 0.6) is 0 Å². The Morgan fingerprint density at radius 2 is 1.77 bits per heavy atom.